The van der Waals surface area contributed by atoms with E-state index in [9.17, 15) is 0 Å². The smallest absolute Gasteiger partial charge is 0.0724 e. The first kappa shape index (κ1) is 11.2. The third kappa shape index (κ3) is 3.13. The first-order chi connectivity index (χ1) is 6.61. The van der Waals surface area contributed by atoms with E-state index in [1.807, 2.05) is 6.92 Å². The highest BCUT2D eigenvalue weighted by atomic mass is 16.5. The first-order valence-electron chi connectivity index (χ1n) is 4.78. The number of hydrogen-bond donors (Lipinski definition) is 0. The second-order valence-electron chi connectivity index (χ2n) is 3.81. The SMILES string of the molecule is C=C(C)COCC1=C(C)COCC1=C. The van der Waals surface area contributed by atoms with Gasteiger partial charge in [0.15, 0.2) is 0 Å². The van der Waals surface area contributed by atoms with E-state index in [1.165, 1.54) is 11.1 Å². The molecular formula is C12H18O2. The first-order valence-corrected chi connectivity index (χ1v) is 4.78. The summed E-state index contributed by atoms with van der Waals surface area (Å²) in [6.45, 7) is 14.3. The van der Waals surface area contributed by atoms with Gasteiger partial charge in [-0.05, 0) is 30.6 Å². The molecule has 0 fully saturated rings. The van der Waals surface area contributed by atoms with Crippen LogP contribution in [-0.4, -0.2) is 26.4 Å². The molecular weight excluding hydrogens is 176 g/mol. The molecule has 78 valence electrons. The molecule has 2 nitrogen and oxygen atoms in total. The third-order valence-corrected chi connectivity index (χ3v) is 2.13. The highest BCUT2D eigenvalue weighted by Crippen LogP contribution is 2.19. The fourth-order valence-corrected chi connectivity index (χ4v) is 1.36. The van der Waals surface area contributed by atoms with Crippen molar-refractivity contribution >= 4 is 0 Å². The van der Waals surface area contributed by atoms with E-state index in [2.05, 4.69) is 20.1 Å². The Labute approximate surface area is 85.9 Å². The second-order valence-corrected chi connectivity index (χ2v) is 3.81. The van der Waals surface area contributed by atoms with Gasteiger partial charge in [-0.3, -0.25) is 0 Å². The summed E-state index contributed by atoms with van der Waals surface area (Å²) >= 11 is 0. The Morgan fingerprint density at radius 3 is 2.79 bits per heavy atom. The lowest BCUT2D eigenvalue weighted by Gasteiger charge is -2.20. The summed E-state index contributed by atoms with van der Waals surface area (Å²) in [5, 5.41) is 0. The van der Waals surface area contributed by atoms with Crippen molar-refractivity contribution < 1.29 is 9.47 Å². The lowest BCUT2D eigenvalue weighted by molar-refractivity contribution is 0.150. The Balaban J connectivity index is 2.48. The molecule has 0 N–H and O–H groups in total. The van der Waals surface area contributed by atoms with E-state index in [1.54, 1.807) is 0 Å². The molecule has 0 aromatic rings. The van der Waals surface area contributed by atoms with Crippen molar-refractivity contribution in [3.8, 4) is 0 Å². The topological polar surface area (TPSA) is 18.5 Å². The maximum Gasteiger partial charge on any atom is 0.0724 e. The molecule has 1 rings (SSSR count). The molecule has 0 saturated heterocycles. The summed E-state index contributed by atoms with van der Waals surface area (Å²) in [5.41, 5.74) is 4.51. The lowest BCUT2D eigenvalue weighted by atomic mass is 10.0. The summed E-state index contributed by atoms with van der Waals surface area (Å²) < 4.78 is 10.8. The van der Waals surface area contributed by atoms with Crippen LogP contribution in [0.5, 0.6) is 0 Å². The van der Waals surface area contributed by atoms with Crippen molar-refractivity contribution in [1.82, 2.24) is 0 Å². The average Bonchev–Trinajstić information content (AvgIpc) is 2.09. The van der Waals surface area contributed by atoms with E-state index in [0.29, 0.717) is 26.4 Å². The minimum absolute atomic E-state index is 0.616. The minimum Gasteiger partial charge on any atom is -0.372 e. The molecule has 0 amide bonds. The van der Waals surface area contributed by atoms with E-state index >= 15 is 0 Å². The van der Waals surface area contributed by atoms with Crippen molar-refractivity contribution in [3.05, 3.63) is 35.5 Å². The van der Waals surface area contributed by atoms with E-state index in [4.69, 9.17) is 9.47 Å². The molecule has 0 atom stereocenters. The Morgan fingerprint density at radius 1 is 1.50 bits per heavy atom. The minimum atomic E-state index is 0.616. The molecule has 0 aliphatic carbocycles. The molecule has 1 aliphatic rings. The van der Waals surface area contributed by atoms with Gasteiger partial charge in [-0.15, -0.1) is 0 Å². The highest BCUT2D eigenvalue weighted by Gasteiger charge is 2.13. The quantitative estimate of drug-likeness (QED) is 0.640. The van der Waals surface area contributed by atoms with E-state index < -0.39 is 0 Å². The molecule has 0 unspecified atom stereocenters. The van der Waals surface area contributed by atoms with Gasteiger partial charge in [-0.25, -0.2) is 0 Å². The van der Waals surface area contributed by atoms with Gasteiger partial charge >= 0.3 is 0 Å². The van der Waals surface area contributed by atoms with Crippen molar-refractivity contribution in [2.24, 2.45) is 0 Å². The fourth-order valence-electron chi connectivity index (χ4n) is 1.36. The van der Waals surface area contributed by atoms with Gasteiger partial charge in [0, 0.05) is 0 Å². The average molecular weight is 194 g/mol. The second kappa shape index (κ2) is 5.13. The highest BCUT2D eigenvalue weighted by molar-refractivity contribution is 5.35. The van der Waals surface area contributed by atoms with Gasteiger partial charge in [0.1, 0.15) is 0 Å². The van der Waals surface area contributed by atoms with Crippen LogP contribution in [0.25, 0.3) is 0 Å². The van der Waals surface area contributed by atoms with Gasteiger partial charge in [0.2, 0.25) is 0 Å². The summed E-state index contributed by atoms with van der Waals surface area (Å²) in [7, 11) is 0. The predicted octanol–water partition coefficient (Wildman–Crippen LogP) is 2.48. The van der Waals surface area contributed by atoms with Crippen LogP contribution in [0.15, 0.2) is 35.5 Å². The molecule has 0 aromatic carbocycles. The van der Waals surface area contributed by atoms with E-state index in [-0.39, 0.29) is 0 Å². The molecule has 1 heterocycles. The number of hydrogen-bond acceptors (Lipinski definition) is 2. The standard InChI is InChI=1S/C12H18O2/c1-9(2)5-13-8-12-10(3)6-14-7-11(12)4/h1,3,5-8H2,2,4H3. The summed E-state index contributed by atoms with van der Waals surface area (Å²) in [6.07, 6.45) is 0. The van der Waals surface area contributed by atoms with Gasteiger partial charge in [-0.1, -0.05) is 18.7 Å². The molecule has 1 aliphatic heterocycles. The normalized spacial score (nSPS) is 17.4. The molecule has 0 aromatic heterocycles. The van der Waals surface area contributed by atoms with Crippen LogP contribution in [0.3, 0.4) is 0 Å². The molecule has 0 saturated carbocycles. The predicted molar refractivity (Wildman–Crippen MR) is 58.3 cm³/mol. The van der Waals surface area contributed by atoms with Crippen LogP contribution < -0.4 is 0 Å². The van der Waals surface area contributed by atoms with Crippen LogP contribution in [0, 0.1) is 0 Å². The van der Waals surface area contributed by atoms with Crippen LogP contribution in [0.4, 0.5) is 0 Å². The summed E-state index contributed by atoms with van der Waals surface area (Å²) in [5.74, 6) is 0. The fraction of sp³-hybridized carbons (Fsp3) is 0.500. The summed E-state index contributed by atoms with van der Waals surface area (Å²) in [6, 6.07) is 0. The van der Waals surface area contributed by atoms with Crippen LogP contribution in [-0.2, 0) is 9.47 Å². The summed E-state index contributed by atoms with van der Waals surface area (Å²) in [4.78, 5) is 0. The zero-order chi connectivity index (χ0) is 10.6. The van der Waals surface area contributed by atoms with Crippen molar-refractivity contribution in [2.45, 2.75) is 13.8 Å². The Bertz CT molecular complexity index is 274. The molecule has 0 radical (unpaired) electrons. The zero-order valence-electron chi connectivity index (χ0n) is 9.06. The molecule has 0 spiro atoms. The van der Waals surface area contributed by atoms with Gasteiger partial charge < -0.3 is 9.47 Å². The van der Waals surface area contributed by atoms with Crippen LogP contribution in [0.2, 0.25) is 0 Å². The maximum absolute atomic E-state index is 5.50. The van der Waals surface area contributed by atoms with Crippen LogP contribution in [0.1, 0.15) is 13.8 Å². The van der Waals surface area contributed by atoms with Crippen LogP contribution >= 0.6 is 0 Å². The Morgan fingerprint density at radius 2 is 2.21 bits per heavy atom. The van der Waals surface area contributed by atoms with Gasteiger partial charge in [0.05, 0.1) is 26.4 Å². The Kier molecular flexibility index (Phi) is 4.11. The Hall–Kier alpha value is -0.860. The van der Waals surface area contributed by atoms with Gasteiger partial charge in [0.25, 0.3) is 0 Å². The molecule has 14 heavy (non-hydrogen) atoms. The number of ether oxygens (including phenoxy) is 2. The zero-order valence-corrected chi connectivity index (χ0v) is 9.06. The maximum atomic E-state index is 5.50. The van der Waals surface area contributed by atoms with Crippen molar-refractivity contribution in [2.75, 3.05) is 26.4 Å². The van der Waals surface area contributed by atoms with E-state index in [0.717, 1.165) is 11.1 Å². The monoisotopic (exact) mass is 194 g/mol. The third-order valence-electron chi connectivity index (χ3n) is 2.13. The largest absolute Gasteiger partial charge is 0.372 e. The molecule has 2 heteroatoms. The molecule has 0 bridgehead atoms. The van der Waals surface area contributed by atoms with Gasteiger partial charge in [-0.2, -0.15) is 0 Å². The van der Waals surface area contributed by atoms with Crippen molar-refractivity contribution in [1.29, 1.82) is 0 Å². The lowest BCUT2D eigenvalue weighted by Crippen LogP contribution is -2.16. The van der Waals surface area contributed by atoms with Crippen molar-refractivity contribution in [3.63, 3.8) is 0 Å². The number of rotatable bonds is 4.